The predicted octanol–water partition coefficient (Wildman–Crippen LogP) is 5.65. The quantitative estimate of drug-likeness (QED) is 0.532. The van der Waals surface area contributed by atoms with Crippen LogP contribution in [0.5, 0.6) is 0 Å². The lowest BCUT2D eigenvalue weighted by molar-refractivity contribution is 0.0695. The average Bonchev–Trinajstić information content (AvgIpc) is 3.47. The molecule has 1 unspecified atom stereocenters. The number of aromatic carboxylic acids is 1. The van der Waals surface area contributed by atoms with E-state index in [4.69, 9.17) is 11.6 Å². The Morgan fingerprint density at radius 3 is 2.71 bits per heavy atom. The normalized spacial score (nSPS) is 20.1. The third-order valence-corrected chi connectivity index (χ3v) is 8.44. The topological polar surface area (TPSA) is 71.3 Å². The first-order valence-corrected chi connectivity index (χ1v) is 11.8. The molecule has 0 spiro atoms. The maximum Gasteiger partial charge on any atom is 0.341 e. The van der Waals surface area contributed by atoms with Crippen LogP contribution in [0.25, 0.3) is 21.3 Å². The Labute approximate surface area is 189 Å². The van der Waals surface area contributed by atoms with Gasteiger partial charge in [0.05, 0.1) is 10.5 Å². The number of hydrogen-bond acceptors (Lipinski definition) is 4. The second-order valence-corrected chi connectivity index (χ2v) is 10.8. The molecule has 2 heterocycles. The van der Waals surface area contributed by atoms with E-state index < -0.39 is 11.4 Å². The molecule has 0 bridgehead atoms. The van der Waals surface area contributed by atoms with Crippen LogP contribution in [0.4, 0.5) is 0 Å². The first kappa shape index (κ1) is 20.7. The number of hydrogen-bond donors (Lipinski definition) is 2. The van der Waals surface area contributed by atoms with Crippen molar-refractivity contribution in [2.75, 3.05) is 7.05 Å². The molecule has 5 nitrogen and oxygen atoms in total. The molecule has 7 heteroatoms. The number of benzene rings is 1. The SMILES string of the molecule is CNC1c2sc(-c3ccc4c(=O)c(C(=O)O)cn(C5CC5)c4c3Cl)cc2CCC1(C)C. The van der Waals surface area contributed by atoms with E-state index in [0.717, 1.165) is 36.1 Å². The minimum atomic E-state index is -1.20. The third-order valence-electron chi connectivity index (χ3n) is 6.78. The summed E-state index contributed by atoms with van der Waals surface area (Å²) in [7, 11) is 2.01. The van der Waals surface area contributed by atoms with E-state index >= 15 is 0 Å². The fourth-order valence-electron chi connectivity index (χ4n) is 4.88. The van der Waals surface area contributed by atoms with Gasteiger partial charge < -0.3 is 15.0 Å². The van der Waals surface area contributed by atoms with E-state index in [1.165, 1.54) is 16.6 Å². The Bertz CT molecular complexity index is 1290. The van der Waals surface area contributed by atoms with Gasteiger partial charge in [-0.25, -0.2) is 4.79 Å². The van der Waals surface area contributed by atoms with Crippen molar-refractivity contribution < 1.29 is 9.90 Å². The number of nitrogens with one attached hydrogen (secondary N) is 1. The smallest absolute Gasteiger partial charge is 0.341 e. The molecule has 0 aliphatic heterocycles. The number of aryl methyl sites for hydroxylation is 1. The maximum atomic E-state index is 12.8. The second-order valence-electron chi connectivity index (χ2n) is 9.35. The van der Waals surface area contributed by atoms with Crippen LogP contribution in [0.2, 0.25) is 5.02 Å². The number of carboxylic acid groups (broad SMARTS) is 1. The van der Waals surface area contributed by atoms with Crippen molar-refractivity contribution in [2.24, 2.45) is 5.41 Å². The first-order chi connectivity index (χ1) is 14.7. The molecule has 2 aromatic heterocycles. The van der Waals surface area contributed by atoms with Gasteiger partial charge in [-0.3, -0.25) is 4.79 Å². The number of pyridine rings is 1. The molecule has 162 valence electrons. The van der Waals surface area contributed by atoms with Crippen molar-refractivity contribution in [1.82, 2.24) is 9.88 Å². The average molecular weight is 457 g/mol. The van der Waals surface area contributed by atoms with Crippen molar-refractivity contribution >= 4 is 39.8 Å². The fraction of sp³-hybridized carbons (Fsp3) is 0.417. The summed E-state index contributed by atoms with van der Waals surface area (Å²) in [4.78, 5) is 26.9. The molecule has 31 heavy (non-hydrogen) atoms. The maximum absolute atomic E-state index is 12.8. The summed E-state index contributed by atoms with van der Waals surface area (Å²) in [5.41, 5.74) is 2.41. The van der Waals surface area contributed by atoms with Crippen LogP contribution in [-0.2, 0) is 6.42 Å². The molecule has 0 radical (unpaired) electrons. The summed E-state index contributed by atoms with van der Waals surface area (Å²) >= 11 is 8.69. The Balaban J connectivity index is 1.72. The van der Waals surface area contributed by atoms with Crippen LogP contribution < -0.4 is 10.7 Å². The first-order valence-electron chi connectivity index (χ1n) is 10.6. The lowest BCUT2D eigenvalue weighted by Gasteiger charge is -2.38. The highest BCUT2D eigenvalue weighted by Crippen LogP contribution is 2.50. The van der Waals surface area contributed by atoms with Crippen LogP contribution in [0.3, 0.4) is 0 Å². The van der Waals surface area contributed by atoms with Crippen molar-refractivity contribution in [3.05, 3.63) is 55.6 Å². The van der Waals surface area contributed by atoms with Crippen molar-refractivity contribution in [3.8, 4) is 10.4 Å². The Hall–Kier alpha value is -2.15. The number of aromatic nitrogens is 1. The highest BCUT2D eigenvalue weighted by molar-refractivity contribution is 7.15. The summed E-state index contributed by atoms with van der Waals surface area (Å²) in [6, 6.07) is 6.32. The summed E-state index contributed by atoms with van der Waals surface area (Å²) in [5, 5.41) is 13.9. The number of fused-ring (bicyclic) bond motifs is 2. The van der Waals surface area contributed by atoms with E-state index in [-0.39, 0.29) is 23.1 Å². The van der Waals surface area contributed by atoms with Crippen LogP contribution in [-0.4, -0.2) is 22.7 Å². The number of thiophene rings is 1. The van der Waals surface area contributed by atoms with E-state index in [1.54, 1.807) is 17.4 Å². The fourth-order valence-corrected chi connectivity index (χ4v) is 6.87. The van der Waals surface area contributed by atoms with Gasteiger partial charge in [-0.2, -0.15) is 0 Å². The molecule has 5 rings (SSSR count). The Morgan fingerprint density at radius 1 is 1.32 bits per heavy atom. The van der Waals surface area contributed by atoms with Crippen molar-refractivity contribution in [2.45, 2.75) is 51.6 Å². The molecule has 1 saturated carbocycles. The second kappa shape index (κ2) is 7.19. The van der Waals surface area contributed by atoms with Crippen molar-refractivity contribution in [1.29, 1.82) is 0 Å². The molecule has 0 amide bonds. The number of rotatable bonds is 4. The molecular weight excluding hydrogens is 432 g/mol. The van der Waals surface area contributed by atoms with E-state index in [9.17, 15) is 14.7 Å². The predicted molar refractivity (Wildman–Crippen MR) is 126 cm³/mol. The van der Waals surface area contributed by atoms with Crippen molar-refractivity contribution in [3.63, 3.8) is 0 Å². The molecule has 2 aliphatic carbocycles. The number of carbonyl (C=O) groups is 1. The number of carboxylic acids is 1. The largest absolute Gasteiger partial charge is 0.477 e. The zero-order valence-corrected chi connectivity index (χ0v) is 19.4. The Morgan fingerprint density at radius 2 is 2.06 bits per heavy atom. The highest BCUT2D eigenvalue weighted by atomic mass is 35.5. The Kier molecular flexibility index (Phi) is 4.81. The van der Waals surface area contributed by atoms with Gasteiger partial charge in [0.25, 0.3) is 0 Å². The van der Waals surface area contributed by atoms with Crippen LogP contribution in [0, 0.1) is 5.41 Å². The molecule has 0 saturated heterocycles. The van der Waals surface area contributed by atoms with Crippen LogP contribution in [0.1, 0.15) is 66.0 Å². The standard InChI is InChI=1S/C24H25ClN2O3S/c1-24(2)9-8-12-10-17(31-21(12)22(24)26-3)14-6-7-15-19(18(14)25)27(13-4-5-13)11-16(20(15)28)23(29)30/h6-7,10-11,13,22,26H,4-5,8-9H2,1-3H3,(H,29,30). The summed E-state index contributed by atoms with van der Waals surface area (Å²) in [6.07, 6.45) is 5.55. The zero-order chi connectivity index (χ0) is 22.1. The zero-order valence-electron chi connectivity index (χ0n) is 17.8. The minimum absolute atomic E-state index is 0.177. The monoisotopic (exact) mass is 456 g/mol. The molecule has 3 aromatic rings. The molecule has 1 atom stereocenters. The lowest BCUT2D eigenvalue weighted by Crippen LogP contribution is -2.35. The van der Waals surface area contributed by atoms with E-state index in [1.807, 2.05) is 17.7 Å². The summed E-state index contributed by atoms with van der Waals surface area (Å²) < 4.78 is 1.90. The van der Waals surface area contributed by atoms with Gasteiger partial charge in [0, 0.05) is 39.0 Å². The van der Waals surface area contributed by atoms with Gasteiger partial charge in [0.15, 0.2) is 0 Å². The third kappa shape index (κ3) is 3.23. The minimum Gasteiger partial charge on any atom is -0.477 e. The lowest BCUT2D eigenvalue weighted by atomic mass is 9.73. The van der Waals surface area contributed by atoms with Gasteiger partial charge in [0.2, 0.25) is 5.43 Å². The van der Waals surface area contributed by atoms with Gasteiger partial charge in [-0.05, 0) is 55.8 Å². The van der Waals surface area contributed by atoms with E-state index in [2.05, 4.69) is 25.2 Å². The molecule has 1 fully saturated rings. The van der Waals surface area contributed by atoms with Gasteiger partial charge in [-0.15, -0.1) is 11.3 Å². The van der Waals surface area contributed by atoms with Crippen LogP contribution in [0.15, 0.2) is 29.2 Å². The number of halogens is 1. The van der Waals surface area contributed by atoms with Gasteiger partial charge in [-0.1, -0.05) is 31.5 Å². The number of nitrogens with zero attached hydrogens (tertiary/aromatic N) is 1. The van der Waals surface area contributed by atoms with Crippen LogP contribution >= 0.6 is 22.9 Å². The van der Waals surface area contributed by atoms with E-state index in [0.29, 0.717) is 15.9 Å². The molecule has 1 aromatic carbocycles. The molecule has 2 N–H and O–H groups in total. The molecule has 2 aliphatic rings. The van der Waals surface area contributed by atoms with Gasteiger partial charge in [0.1, 0.15) is 5.56 Å². The molecular formula is C24H25ClN2O3S. The summed E-state index contributed by atoms with van der Waals surface area (Å²) in [6.45, 7) is 4.60. The highest BCUT2D eigenvalue weighted by Gasteiger charge is 2.37. The summed E-state index contributed by atoms with van der Waals surface area (Å²) in [5.74, 6) is -1.20. The van der Waals surface area contributed by atoms with Gasteiger partial charge >= 0.3 is 5.97 Å².